The summed E-state index contributed by atoms with van der Waals surface area (Å²) >= 11 is 0. The van der Waals surface area contributed by atoms with Crippen molar-refractivity contribution in [2.75, 3.05) is 11.9 Å². The smallest absolute Gasteiger partial charge is 0.338 e. The van der Waals surface area contributed by atoms with Gasteiger partial charge >= 0.3 is 5.97 Å². The van der Waals surface area contributed by atoms with E-state index >= 15 is 0 Å². The minimum absolute atomic E-state index is 0.0557. The van der Waals surface area contributed by atoms with Crippen molar-refractivity contribution < 1.29 is 19.1 Å². The third-order valence-electron chi connectivity index (χ3n) is 4.25. The molecule has 2 amide bonds. The molecule has 9 nitrogen and oxygen atoms in total. The fourth-order valence-electron chi connectivity index (χ4n) is 2.50. The first kappa shape index (κ1) is 25.5. The van der Waals surface area contributed by atoms with Gasteiger partial charge in [-0.1, -0.05) is 13.8 Å². The Hall–Kier alpha value is -2.49. The first-order chi connectivity index (χ1) is 13.9. The molecule has 0 aliphatic rings. The molecule has 0 aromatic heterocycles. The number of carbonyl (C=O) groups is 3. The van der Waals surface area contributed by atoms with Crippen molar-refractivity contribution in [2.45, 2.75) is 65.1 Å². The molecule has 0 saturated carbocycles. The third kappa shape index (κ3) is 8.89. The summed E-state index contributed by atoms with van der Waals surface area (Å²) in [7, 11) is 0. The van der Waals surface area contributed by atoms with Gasteiger partial charge in [-0.15, -0.1) is 0 Å². The summed E-state index contributed by atoms with van der Waals surface area (Å²) in [6.07, 6.45) is 0.978. The van der Waals surface area contributed by atoms with Gasteiger partial charge in [0.05, 0.1) is 11.6 Å². The molecule has 0 spiro atoms. The van der Waals surface area contributed by atoms with Crippen molar-refractivity contribution in [2.24, 2.45) is 17.5 Å². The van der Waals surface area contributed by atoms with E-state index in [-0.39, 0.29) is 17.7 Å². The summed E-state index contributed by atoms with van der Waals surface area (Å²) in [6.45, 7) is 9.55. The highest BCUT2D eigenvalue weighted by Gasteiger charge is 2.25. The van der Waals surface area contributed by atoms with Crippen LogP contribution in [0.1, 0.15) is 57.8 Å². The van der Waals surface area contributed by atoms with Crippen molar-refractivity contribution in [3.8, 4) is 0 Å². The van der Waals surface area contributed by atoms with Gasteiger partial charge in [0, 0.05) is 12.2 Å². The number of amides is 2. The Balaban J connectivity index is 2.81. The molecule has 0 unspecified atom stereocenters. The molecule has 7 N–H and O–H groups in total. The number of rotatable bonds is 10. The predicted molar refractivity (Wildman–Crippen MR) is 116 cm³/mol. The number of carbonyl (C=O) groups excluding carboxylic acids is 3. The van der Waals surface area contributed by atoms with Crippen LogP contribution in [0, 0.1) is 5.92 Å². The zero-order valence-corrected chi connectivity index (χ0v) is 18.5. The van der Waals surface area contributed by atoms with E-state index in [1.807, 2.05) is 13.8 Å². The van der Waals surface area contributed by atoms with E-state index in [1.54, 1.807) is 45.0 Å². The number of esters is 1. The first-order valence-electron chi connectivity index (χ1n) is 10.1. The summed E-state index contributed by atoms with van der Waals surface area (Å²) in [5, 5.41) is 5.47. The summed E-state index contributed by atoms with van der Waals surface area (Å²) in [5.41, 5.74) is 8.69. The molecule has 0 fully saturated rings. The molecule has 0 bridgehead atoms. The molecule has 30 heavy (non-hydrogen) atoms. The average Bonchev–Trinajstić information content (AvgIpc) is 2.65. The van der Waals surface area contributed by atoms with Gasteiger partial charge in [0.2, 0.25) is 11.8 Å². The number of nitrogens with one attached hydrogen (secondary N) is 3. The highest BCUT2D eigenvalue weighted by atomic mass is 16.6. The van der Waals surface area contributed by atoms with Crippen LogP contribution in [0.4, 0.5) is 5.69 Å². The van der Waals surface area contributed by atoms with Crippen LogP contribution in [-0.2, 0) is 14.3 Å². The summed E-state index contributed by atoms with van der Waals surface area (Å²) in [6, 6.07) is 4.89. The lowest BCUT2D eigenvalue weighted by Gasteiger charge is -2.22. The zero-order chi connectivity index (χ0) is 22.9. The number of hydrogen-bond acceptors (Lipinski definition) is 7. The lowest BCUT2D eigenvalue weighted by molar-refractivity contribution is -0.128. The third-order valence-corrected chi connectivity index (χ3v) is 4.25. The van der Waals surface area contributed by atoms with Gasteiger partial charge in [-0.05, 0) is 63.8 Å². The molecular weight excluding hydrogens is 386 g/mol. The highest BCUT2D eigenvalue weighted by Crippen LogP contribution is 2.15. The maximum Gasteiger partial charge on any atom is 0.338 e. The second kappa shape index (κ2) is 11.6. The minimum Gasteiger partial charge on any atom is -0.456 e. The molecule has 0 heterocycles. The van der Waals surface area contributed by atoms with Crippen LogP contribution in [-0.4, -0.2) is 42.0 Å². The Bertz CT molecular complexity index is 713. The molecule has 0 aliphatic carbocycles. The Labute approximate surface area is 178 Å². The number of ether oxygens (including phenoxy) is 1. The van der Waals surface area contributed by atoms with Crippen molar-refractivity contribution >= 4 is 23.5 Å². The summed E-state index contributed by atoms with van der Waals surface area (Å²) in [5.74, 6) is 4.03. The molecule has 0 aliphatic heterocycles. The van der Waals surface area contributed by atoms with E-state index < -0.39 is 23.7 Å². The topological polar surface area (TPSA) is 149 Å². The minimum atomic E-state index is -0.763. The lowest BCUT2D eigenvalue weighted by Crippen LogP contribution is -2.51. The van der Waals surface area contributed by atoms with Crippen molar-refractivity contribution in [1.82, 2.24) is 10.7 Å². The lowest BCUT2D eigenvalue weighted by atomic mass is 10.0. The largest absolute Gasteiger partial charge is 0.456 e. The highest BCUT2D eigenvalue weighted by molar-refractivity contribution is 5.98. The Morgan fingerprint density at radius 3 is 2.17 bits per heavy atom. The molecule has 0 saturated heterocycles. The van der Waals surface area contributed by atoms with Crippen LogP contribution < -0.4 is 27.6 Å². The second-order valence-electron chi connectivity index (χ2n) is 8.50. The molecule has 9 heteroatoms. The number of benzene rings is 1. The molecule has 0 radical (unpaired) electrons. The van der Waals surface area contributed by atoms with Crippen LogP contribution in [0.2, 0.25) is 0 Å². The Kier molecular flexibility index (Phi) is 9.91. The quantitative estimate of drug-likeness (QED) is 0.165. The van der Waals surface area contributed by atoms with E-state index in [0.29, 0.717) is 30.6 Å². The zero-order valence-electron chi connectivity index (χ0n) is 18.5. The molecular formula is C21H35N5O4. The van der Waals surface area contributed by atoms with Crippen LogP contribution >= 0.6 is 0 Å². The van der Waals surface area contributed by atoms with Crippen LogP contribution in [0.5, 0.6) is 0 Å². The van der Waals surface area contributed by atoms with Gasteiger partial charge in [0.25, 0.3) is 0 Å². The van der Waals surface area contributed by atoms with E-state index in [4.69, 9.17) is 16.3 Å². The van der Waals surface area contributed by atoms with Gasteiger partial charge in [-0.2, -0.15) is 0 Å². The van der Waals surface area contributed by atoms with Crippen molar-refractivity contribution in [1.29, 1.82) is 0 Å². The normalized spacial score (nSPS) is 13.5. The summed E-state index contributed by atoms with van der Waals surface area (Å²) in [4.78, 5) is 37.1. The molecule has 2 atom stereocenters. The monoisotopic (exact) mass is 421 g/mol. The number of hydrogen-bond donors (Lipinski definition) is 5. The SMILES string of the molecule is CC(C)[C@H](N)C(=O)N[C@@H](CCCNN)C(=O)Nc1ccc(C(=O)OC(C)(C)C)cc1. The van der Waals surface area contributed by atoms with Gasteiger partial charge in [-0.25, -0.2) is 4.79 Å². The fraction of sp³-hybridized carbons (Fsp3) is 0.571. The molecule has 1 aromatic rings. The first-order valence-corrected chi connectivity index (χ1v) is 10.1. The average molecular weight is 422 g/mol. The van der Waals surface area contributed by atoms with Crippen molar-refractivity contribution in [3.05, 3.63) is 29.8 Å². The number of hydrazine groups is 1. The van der Waals surface area contributed by atoms with Gasteiger partial charge < -0.3 is 21.1 Å². The number of anilines is 1. The van der Waals surface area contributed by atoms with Gasteiger partial charge in [-0.3, -0.25) is 20.9 Å². The second-order valence-corrected chi connectivity index (χ2v) is 8.50. The standard InChI is InChI=1S/C21H35N5O4/c1-13(2)17(22)19(28)26-16(7-6-12-24-23)18(27)25-15-10-8-14(9-11-15)20(29)30-21(3,4)5/h8-11,13,16-17,24H,6-7,12,22-23H2,1-5H3,(H,25,27)(H,26,28)/t16-,17-/m0/s1. The van der Waals surface area contributed by atoms with Gasteiger partial charge in [0.15, 0.2) is 0 Å². The Morgan fingerprint density at radius 2 is 1.67 bits per heavy atom. The van der Waals surface area contributed by atoms with Gasteiger partial charge in [0.1, 0.15) is 11.6 Å². The van der Waals surface area contributed by atoms with E-state index in [0.717, 1.165) is 0 Å². The molecule has 1 rings (SSSR count). The summed E-state index contributed by atoms with van der Waals surface area (Å²) < 4.78 is 5.32. The molecule has 168 valence electrons. The van der Waals surface area contributed by atoms with E-state index in [1.165, 1.54) is 0 Å². The fourth-order valence-corrected chi connectivity index (χ4v) is 2.50. The van der Waals surface area contributed by atoms with Crippen LogP contribution in [0.15, 0.2) is 24.3 Å². The van der Waals surface area contributed by atoms with Crippen LogP contribution in [0.3, 0.4) is 0 Å². The van der Waals surface area contributed by atoms with E-state index in [2.05, 4.69) is 16.1 Å². The van der Waals surface area contributed by atoms with Crippen molar-refractivity contribution in [3.63, 3.8) is 0 Å². The maximum absolute atomic E-state index is 12.7. The van der Waals surface area contributed by atoms with Crippen LogP contribution in [0.25, 0.3) is 0 Å². The van der Waals surface area contributed by atoms with E-state index in [9.17, 15) is 14.4 Å². The number of nitrogens with two attached hydrogens (primary N) is 2. The molecule has 1 aromatic carbocycles. The maximum atomic E-state index is 12.7. The predicted octanol–water partition coefficient (Wildman–Crippen LogP) is 1.29. The Morgan fingerprint density at radius 1 is 1.07 bits per heavy atom.